The van der Waals surface area contributed by atoms with Gasteiger partial charge in [0.2, 0.25) is 11.8 Å². The fourth-order valence-corrected chi connectivity index (χ4v) is 4.05. The summed E-state index contributed by atoms with van der Waals surface area (Å²) in [4.78, 5) is 27.1. The van der Waals surface area contributed by atoms with E-state index in [9.17, 15) is 9.59 Å². The molecular formula is C16H26N2O3. The van der Waals surface area contributed by atoms with Crippen molar-refractivity contribution in [2.45, 2.75) is 76.0 Å². The number of nitrogens with zero attached hydrogens (tertiary/aromatic N) is 1. The Labute approximate surface area is 126 Å². The van der Waals surface area contributed by atoms with Gasteiger partial charge in [0.25, 0.3) is 0 Å². The first-order valence-electron chi connectivity index (χ1n) is 8.36. The quantitative estimate of drug-likeness (QED) is 0.841. The lowest BCUT2D eigenvalue weighted by atomic mass is 9.80. The van der Waals surface area contributed by atoms with Gasteiger partial charge in [-0.05, 0) is 32.6 Å². The molecule has 5 heteroatoms. The number of carbonyl (C=O) groups is 2. The van der Waals surface area contributed by atoms with E-state index in [2.05, 4.69) is 12.2 Å². The standard InChI is InChI=1S/C16H26N2O3/c1-12(13-6-5-11-21-13)18-10-7-14(19)17-16(15(18)20)8-3-2-4-9-16/h12-13H,2-11H2,1H3,(H,17,19). The van der Waals surface area contributed by atoms with E-state index in [1.807, 2.05) is 4.90 Å². The summed E-state index contributed by atoms with van der Waals surface area (Å²) in [5.41, 5.74) is -0.640. The minimum atomic E-state index is -0.640. The van der Waals surface area contributed by atoms with Gasteiger partial charge < -0.3 is 15.0 Å². The molecular weight excluding hydrogens is 268 g/mol. The Morgan fingerprint density at radius 2 is 2.00 bits per heavy atom. The summed E-state index contributed by atoms with van der Waals surface area (Å²) in [6, 6.07) is 0.0616. The first kappa shape index (κ1) is 14.8. The average Bonchev–Trinajstić information content (AvgIpc) is 2.98. The normalized spacial score (nSPS) is 31.1. The van der Waals surface area contributed by atoms with E-state index >= 15 is 0 Å². The lowest BCUT2D eigenvalue weighted by Gasteiger charge is -2.41. The predicted molar refractivity (Wildman–Crippen MR) is 78.7 cm³/mol. The SMILES string of the molecule is CC(C1CCCO1)N1CCC(=O)NC2(CCCCC2)C1=O. The minimum absolute atomic E-state index is 0.0206. The number of hydrogen-bond donors (Lipinski definition) is 1. The molecule has 118 valence electrons. The van der Waals surface area contributed by atoms with E-state index in [1.165, 1.54) is 0 Å². The van der Waals surface area contributed by atoms with Gasteiger partial charge in [0.05, 0.1) is 12.1 Å². The number of nitrogens with one attached hydrogen (secondary N) is 1. The Bertz CT molecular complexity index is 412. The van der Waals surface area contributed by atoms with E-state index in [1.54, 1.807) is 0 Å². The summed E-state index contributed by atoms with van der Waals surface area (Å²) in [5, 5.41) is 3.05. The lowest BCUT2D eigenvalue weighted by molar-refractivity contribution is -0.144. The molecule has 2 atom stereocenters. The van der Waals surface area contributed by atoms with Gasteiger partial charge in [0.15, 0.2) is 0 Å². The van der Waals surface area contributed by atoms with E-state index in [-0.39, 0.29) is 24.0 Å². The van der Waals surface area contributed by atoms with Crippen LogP contribution in [-0.4, -0.2) is 47.6 Å². The molecule has 1 saturated carbocycles. The van der Waals surface area contributed by atoms with Crippen LogP contribution in [0.2, 0.25) is 0 Å². The maximum Gasteiger partial charge on any atom is 0.248 e. The highest BCUT2D eigenvalue weighted by Crippen LogP contribution is 2.33. The molecule has 2 heterocycles. The van der Waals surface area contributed by atoms with Gasteiger partial charge >= 0.3 is 0 Å². The van der Waals surface area contributed by atoms with Crippen LogP contribution in [0.15, 0.2) is 0 Å². The summed E-state index contributed by atoms with van der Waals surface area (Å²) in [7, 11) is 0. The summed E-state index contributed by atoms with van der Waals surface area (Å²) in [5.74, 6) is 0.142. The van der Waals surface area contributed by atoms with Crippen LogP contribution < -0.4 is 5.32 Å². The number of hydrogen-bond acceptors (Lipinski definition) is 3. The zero-order valence-corrected chi connectivity index (χ0v) is 12.9. The number of amides is 2. The van der Waals surface area contributed by atoms with Crippen molar-refractivity contribution < 1.29 is 14.3 Å². The fourth-order valence-electron chi connectivity index (χ4n) is 4.05. The molecule has 21 heavy (non-hydrogen) atoms. The van der Waals surface area contributed by atoms with Crippen molar-refractivity contribution in [1.82, 2.24) is 10.2 Å². The van der Waals surface area contributed by atoms with E-state index < -0.39 is 5.54 Å². The third kappa shape index (κ3) is 2.80. The molecule has 2 unspecified atom stereocenters. The molecule has 0 aromatic rings. The van der Waals surface area contributed by atoms with Crippen molar-refractivity contribution in [3.05, 3.63) is 0 Å². The number of carbonyl (C=O) groups excluding carboxylic acids is 2. The maximum atomic E-state index is 13.1. The molecule has 0 aromatic heterocycles. The first-order valence-corrected chi connectivity index (χ1v) is 8.36. The molecule has 0 radical (unpaired) electrons. The van der Waals surface area contributed by atoms with E-state index in [0.29, 0.717) is 13.0 Å². The van der Waals surface area contributed by atoms with Crippen molar-refractivity contribution in [3.8, 4) is 0 Å². The van der Waals surface area contributed by atoms with Crippen LogP contribution in [0.1, 0.15) is 58.3 Å². The van der Waals surface area contributed by atoms with Gasteiger partial charge in [-0.3, -0.25) is 9.59 Å². The smallest absolute Gasteiger partial charge is 0.248 e. The lowest BCUT2D eigenvalue weighted by Crippen LogP contribution is -2.60. The van der Waals surface area contributed by atoms with Crippen LogP contribution in [0, 0.1) is 0 Å². The summed E-state index contributed by atoms with van der Waals surface area (Å²) < 4.78 is 5.76. The highest BCUT2D eigenvalue weighted by molar-refractivity contribution is 5.93. The second kappa shape index (κ2) is 5.95. The van der Waals surface area contributed by atoms with Gasteiger partial charge in [-0.1, -0.05) is 19.3 Å². The third-order valence-electron chi connectivity index (χ3n) is 5.33. The van der Waals surface area contributed by atoms with Crippen molar-refractivity contribution in [3.63, 3.8) is 0 Å². The molecule has 1 N–H and O–H groups in total. The van der Waals surface area contributed by atoms with Crippen molar-refractivity contribution >= 4 is 11.8 Å². The highest BCUT2D eigenvalue weighted by atomic mass is 16.5. The zero-order chi connectivity index (χ0) is 14.9. The minimum Gasteiger partial charge on any atom is -0.376 e. The van der Waals surface area contributed by atoms with Crippen LogP contribution in [0.3, 0.4) is 0 Å². The van der Waals surface area contributed by atoms with Gasteiger partial charge in [0.1, 0.15) is 5.54 Å². The van der Waals surface area contributed by atoms with Gasteiger partial charge in [-0.2, -0.15) is 0 Å². The van der Waals surface area contributed by atoms with E-state index in [0.717, 1.165) is 51.6 Å². The van der Waals surface area contributed by atoms with Crippen molar-refractivity contribution in [2.24, 2.45) is 0 Å². The molecule has 2 saturated heterocycles. The summed E-state index contributed by atoms with van der Waals surface area (Å²) in [6.07, 6.45) is 7.39. The molecule has 0 aromatic carbocycles. The second-order valence-corrected chi connectivity index (χ2v) is 6.73. The molecule has 1 aliphatic carbocycles. The Morgan fingerprint density at radius 3 is 2.67 bits per heavy atom. The molecule has 3 aliphatic rings. The third-order valence-corrected chi connectivity index (χ3v) is 5.33. The molecule has 2 amide bonds. The van der Waals surface area contributed by atoms with Gasteiger partial charge in [-0.15, -0.1) is 0 Å². The molecule has 5 nitrogen and oxygen atoms in total. The first-order chi connectivity index (χ1) is 10.1. The molecule has 2 aliphatic heterocycles. The van der Waals surface area contributed by atoms with Crippen LogP contribution in [0.5, 0.6) is 0 Å². The van der Waals surface area contributed by atoms with Gasteiger partial charge in [0, 0.05) is 19.6 Å². The van der Waals surface area contributed by atoms with Crippen LogP contribution in [0.25, 0.3) is 0 Å². The second-order valence-electron chi connectivity index (χ2n) is 6.73. The molecule has 0 bridgehead atoms. The Kier molecular flexibility index (Phi) is 4.20. The van der Waals surface area contributed by atoms with Gasteiger partial charge in [-0.25, -0.2) is 0 Å². The summed E-state index contributed by atoms with van der Waals surface area (Å²) in [6.45, 7) is 3.38. The summed E-state index contributed by atoms with van der Waals surface area (Å²) >= 11 is 0. The Morgan fingerprint density at radius 1 is 1.24 bits per heavy atom. The largest absolute Gasteiger partial charge is 0.376 e. The molecule has 3 rings (SSSR count). The number of ether oxygens (including phenoxy) is 1. The van der Waals surface area contributed by atoms with Crippen LogP contribution in [-0.2, 0) is 14.3 Å². The van der Waals surface area contributed by atoms with Crippen LogP contribution >= 0.6 is 0 Å². The average molecular weight is 294 g/mol. The fraction of sp³-hybridized carbons (Fsp3) is 0.875. The van der Waals surface area contributed by atoms with Crippen LogP contribution in [0.4, 0.5) is 0 Å². The van der Waals surface area contributed by atoms with Crippen molar-refractivity contribution in [2.75, 3.05) is 13.2 Å². The highest BCUT2D eigenvalue weighted by Gasteiger charge is 2.47. The molecule has 1 spiro atoms. The topological polar surface area (TPSA) is 58.6 Å². The zero-order valence-electron chi connectivity index (χ0n) is 12.9. The number of rotatable bonds is 2. The predicted octanol–water partition coefficient (Wildman–Crippen LogP) is 1.61. The Balaban J connectivity index is 1.82. The van der Waals surface area contributed by atoms with Crippen molar-refractivity contribution in [1.29, 1.82) is 0 Å². The maximum absolute atomic E-state index is 13.1. The van der Waals surface area contributed by atoms with E-state index in [4.69, 9.17) is 4.74 Å². The monoisotopic (exact) mass is 294 g/mol. The Hall–Kier alpha value is -1.10. The molecule has 3 fully saturated rings.